The number of benzene rings is 1. The van der Waals surface area contributed by atoms with E-state index in [-0.39, 0.29) is 12.5 Å². The lowest BCUT2D eigenvalue weighted by Crippen LogP contribution is -2.37. The number of halogens is 1. The molecule has 0 saturated heterocycles. The fourth-order valence-corrected chi connectivity index (χ4v) is 1.79. The number of aliphatic hydroxyl groups is 1. The van der Waals surface area contributed by atoms with Gasteiger partial charge in [0.25, 0.3) is 5.91 Å². The number of aliphatic hydroxyl groups excluding tert-OH is 1. The van der Waals surface area contributed by atoms with Crippen molar-refractivity contribution in [2.75, 3.05) is 11.9 Å². The Balaban J connectivity index is 2.26. The number of anilines is 1. The fraction of sp³-hybridized carbons (Fsp3) is 0.300. The van der Waals surface area contributed by atoms with Crippen LogP contribution in [0.2, 0.25) is 0 Å². The molecule has 0 bridgehead atoms. The summed E-state index contributed by atoms with van der Waals surface area (Å²) in [6, 6.07) is 5.40. The molecule has 1 atom stereocenters. The summed E-state index contributed by atoms with van der Waals surface area (Å²) in [5.41, 5.74) is 0.656. The summed E-state index contributed by atoms with van der Waals surface area (Å²) in [6.07, 6.45) is -0.287. The summed E-state index contributed by atoms with van der Waals surface area (Å²) in [4.78, 5) is 11.5. The van der Waals surface area contributed by atoms with E-state index in [9.17, 15) is 4.79 Å². The first-order valence-corrected chi connectivity index (χ1v) is 5.38. The standard InChI is InChI=1S/C10H10BrNO3/c11-6-1-2-8-7(5-6)12-10(14)9(15-8)3-4-13/h1-2,5,9,13H,3-4H2,(H,12,14)/t9-/m0/s1. The molecule has 0 radical (unpaired) electrons. The molecule has 1 aromatic rings. The zero-order valence-corrected chi connectivity index (χ0v) is 9.45. The molecule has 0 unspecified atom stereocenters. The van der Waals surface area contributed by atoms with E-state index in [2.05, 4.69) is 21.2 Å². The average Bonchev–Trinajstić information content (AvgIpc) is 2.20. The predicted octanol–water partition coefficient (Wildman–Crippen LogP) is 1.53. The van der Waals surface area contributed by atoms with Crippen molar-refractivity contribution in [3.8, 4) is 5.75 Å². The van der Waals surface area contributed by atoms with E-state index < -0.39 is 6.10 Å². The van der Waals surface area contributed by atoms with Gasteiger partial charge >= 0.3 is 0 Å². The van der Waals surface area contributed by atoms with Gasteiger partial charge in [-0.25, -0.2) is 0 Å². The van der Waals surface area contributed by atoms with Gasteiger partial charge in [-0.2, -0.15) is 0 Å². The van der Waals surface area contributed by atoms with Crippen molar-refractivity contribution in [1.29, 1.82) is 0 Å². The Morgan fingerprint density at radius 1 is 1.53 bits per heavy atom. The molecule has 0 spiro atoms. The maximum absolute atomic E-state index is 11.5. The van der Waals surface area contributed by atoms with Crippen LogP contribution in [0.15, 0.2) is 22.7 Å². The maximum Gasteiger partial charge on any atom is 0.265 e. The molecule has 0 aromatic heterocycles. The number of fused-ring (bicyclic) bond motifs is 1. The fourth-order valence-electron chi connectivity index (χ4n) is 1.43. The minimum atomic E-state index is -0.594. The molecule has 1 aliphatic rings. The quantitative estimate of drug-likeness (QED) is 0.858. The van der Waals surface area contributed by atoms with Crippen molar-refractivity contribution in [2.45, 2.75) is 12.5 Å². The molecule has 1 amide bonds. The van der Waals surface area contributed by atoms with Crippen molar-refractivity contribution in [1.82, 2.24) is 0 Å². The molecule has 2 rings (SSSR count). The number of carbonyl (C=O) groups excluding carboxylic acids is 1. The Labute approximate surface area is 95.4 Å². The van der Waals surface area contributed by atoms with Crippen LogP contribution in [0.25, 0.3) is 0 Å². The number of hydrogen-bond acceptors (Lipinski definition) is 3. The molecule has 2 N–H and O–H groups in total. The van der Waals surface area contributed by atoms with Gasteiger partial charge in [-0.3, -0.25) is 4.79 Å². The molecule has 0 aliphatic carbocycles. The molecule has 15 heavy (non-hydrogen) atoms. The van der Waals surface area contributed by atoms with E-state index in [0.29, 0.717) is 17.9 Å². The highest BCUT2D eigenvalue weighted by Gasteiger charge is 2.26. The van der Waals surface area contributed by atoms with Gasteiger partial charge in [0.15, 0.2) is 6.10 Å². The predicted molar refractivity (Wildman–Crippen MR) is 58.9 cm³/mol. The van der Waals surface area contributed by atoms with Gasteiger partial charge < -0.3 is 15.2 Å². The van der Waals surface area contributed by atoms with Crippen LogP contribution in [-0.4, -0.2) is 23.7 Å². The smallest absolute Gasteiger partial charge is 0.265 e. The van der Waals surface area contributed by atoms with Gasteiger partial charge in [0.2, 0.25) is 0 Å². The lowest BCUT2D eigenvalue weighted by molar-refractivity contribution is -0.124. The van der Waals surface area contributed by atoms with Gasteiger partial charge in [-0.05, 0) is 18.2 Å². The second-order valence-electron chi connectivity index (χ2n) is 3.25. The average molecular weight is 272 g/mol. The third-order valence-corrected chi connectivity index (χ3v) is 2.65. The molecule has 1 aromatic carbocycles. The first-order valence-electron chi connectivity index (χ1n) is 4.58. The Morgan fingerprint density at radius 2 is 2.33 bits per heavy atom. The van der Waals surface area contributed by atoms with E-state index in [0.717, 1.165) is 4.47 Å². The lowest BCUT2D eigenvalue weighted by Gasteiger charge is -2.25. The molecular formula is C10H10BrNO3. The zero-order chi connectivity index (χ0) is 10.8. The summed E-state index contributed by atoms with van der Waals surface area (Å²) >= 11 is 3.31. The summed E-state index contributed by atoms with van der Waals surface area (Å²) in [6.45, 7) is -0.0655. The van der Waals surface area contributed by atoms with Crippen LogP contribution >= 0.6 is 15.9 Å². The largest absolute Gasteiger partial charge is 0.478 e. The third kappa shape index (κ3) is 2.13. The highest BCUT2D eigenvalue weighted by atomic mass is 79.9. The summed E-state index contributed by atoms with van der Waals surface area (Å²) in [7, 11) is 0. The van der Waals surface area contributed by atoms with Crippen molar-refractivity contribution < 1.29 is 14.6 Å². The Morgan fingerprint density at radius 3 is 3.07 bits per heavy atom. The highest BCUT2D eigenvalue weighted by Crippen LogP contribution is 2.32. The van der Waals surface area contributed by atoms with Crippen LogP contribution in [0, 0.1) is 0 Å². The molecule has 4 nitrogen and oxygen atoms in total. The lowest BCUT2D eigenvalue weighted by atomic mass is 10.2. The van der Waals surface area contributed by atoms with Crippen LogP contribution in [0.5, 0.6) is 5.75 Å². The number of hydrogen-bond donors (Lipinski definition) is 2. The number of rotatable bonds is 2. The first-order chi connectivity index (χ1) is 7.20. The van der Waals surface area contributed by atoms with Crippen molar-refractivity contribution in [3.05, 3.63) is 22.7 Å². The zero-order valence-electron chi connectivity index (χ0n) is 7.87. The van der Waals surface area contributed by atoms with E-state index in [1.165, 1.54) is 0 Å². The monoisotopic (exact) mass is 271 g/mol. The summed E-state index contributed by atoms with van der Waals surface area (Å²) in [5, 5.41) is 11.5. The van der Waals surface area contributed by atoms with E-state index in [1.54, 1.807) is 12.1 Å². The number of amides is 1. The van der Waals surface area contributed by atoms with Crippen molar-refractivity contribution in [3.63, 3.8) is 0 Å². The molecule has 1 heterocycles. The molecular weight excluding hydrogens is 262 g/mol. The SMILES string of the molecule is O=C1Nc2cc(Br)ccc2O[C@H]1CCO. The molecule has 1 aliphatic heterocycles. The number of nitrogens with one attached hydrogen (secondary N) is 1. The van der Waals surface area contributed by atoms with E-state index in [4.69, 9.17) is 9.84 Å². The minimum absolute atomic E-state index is 0.0655. The van der Waals surface area contributed by atoms with Crippen molar-refractivity contribution in [2.24, 2.45) is 0 Å². The topological polar surface area (TPSA) is 58.6 Å². The highest BCUT2D eigenvalue weighted by molar-refractivity contribution is 9.10. The summed E-state index contributed by atoms with van der Waals surface area (Å²) < 4.78 is 6.33. The number of carbonyl (C=O) groups is 1. The second kappa shape index (κ2) is 4.20. The second-order valence-corrected chi connectivity index (χ2v) is 4.16. The van der Waals surface area contributed by atoms with Crippen LogP contribution in [0.4, 0.5) is 5.69 Å². The van der Waals surface area contributed by atoms with Crippen LogP contribution in [0.3, 0.4) is 0 Å². The third-order valence-electron chi connectivity index (χ3n) is 2.15. The normalized spacial score (nSPS) is 19.1. The molecule has 0 fully saturated rings. The van der Waals surface area contributed by atoms with Crippen molar-refractivity contribution >= 4 is 27.5 Å². The van der Waals surface area contributed by atoms with Gasteiger partial charge in [-0.1, -0.05) is 15.9 Å². The first kappa shape index (κ1) is 10.4. The maximum atomic E-state index is 11.5. The van der Waals surface area contributed by atoms with Gasteiger partial charge in [0.1, 0.15) is 5.75 Å². The summed E-state index contributed by atoms with van der Waals surface area (Å²) in [5.74, 6) is 0.422. The van der Waals surface area contributed by atoms with Gasteiger partial charge in [0.05, 0.1) is 5.69 Å². The van der Waals surface area contributed by atoms with E-state index in [1.807, 2.05) is 6.07 Å². The number of ether oxygens (including phenoxy) is 1. The van der Waals surface area contributed by atoms with Gasteiger partial charge in [0, 0.05) is 17.5 Å². The van der Waals surface area contributed by atoms with Crippen LogP contribution in [0.1, 0.15) is 6.42 Å². The van der Waals surface area contributed by atoms with Crippen LogP contribution in [-0.2, 0) is 4.79 Å². The van der Waals surface area contributed by atoms with Crippen LogP contribution < -0.4 is 10.1 Å². The van der Waals surface area contributed by atoms with E-state index >= 15 is 0 Å². The molecule has 80 valence electrons. The Hall–Kier alpha value is -1.07. The Kier molecular flexibility index (Phi) is 2.93. The molecule has 5 heteroatoms. The molecule has 0 saturated carbocycles. The minimum Gasteiger partial charge on any atom is -0.478 e. The Bertz CT molecular complexity index is 394. The van der Waals surface area contributed by atoms with Gasteiger partial charge in [-0.15, -0.1) is 0 Å².